The largest absolute Gasteiger partial charge is 0.252 e. The van der Waals surface area contributed by atoms with E-state index in [-0.39, 0.29) is 16.7 Å². The molecule has 16 heavy (non-hydrogen) atoms. The fraction of sp³-hybridized carbons (Fsp3) is 0.444. The van der Waals surface area contributed by atoms with Gasteiger partial charge in [-0.15, -0.1) is 11.3 Å². The molecule has 0 spiro atoms. The Morgan fingerprint density at radius 2 is 2.25 bits per heavy atom. The number of nitriles is 1. The van der Waals surface area contributed by atoms with Gasteiger partial charge in [0.2, 0.25) is 0 Å². The summed E-state index contributed by atoms with van der Waals surface area (Å²) in [5.74, 6) is 0. The third kappa shape index (κ3) is 2.83. The molecular formula is C9H11BrN2O2S2. The smallest absolute Gasteiger partial charge is 0.206 e. The molecule has 1 rings (SSSR count). The van der Waals surface area contributed by atoms with Crippen LogP contribution in [0, 0.1) is 11.3 Å². The molecule has 0 aliphatic rings. The molecule has 0 fully saturated rings. The van der Waals surface area contributed by atoms with Crippen LogP contribution in [0.5, 0.6) is 0 Å². The second-order valence-corrected chi connectivity index (χ2v) is 7.98. The third-order valence-electron chi connectivity index (χ3n) is 2.19. The van der Waals surface area contributed by atoms with Crippen LogP contribution in [0.4, 0.5) is 0 Å². The second kappa shape index (κ2) is 5.27. The van der Waals surface area contributed by atoms with Gasteiger partial charge in [-0.25, -0.2) is 8.42 Å². The van der Waals surface area contributed by atoms with Crippen LogP contribution in [0.1, 0.15) is 13.3 Å². The van der Waals surface area contributed by atoms with Crippen molar-refractivity contribution >= 4 is 37.3 Å². The minimum atomic E-state index is -3.47. The lowest BCUT2D eigenvalue weighted by molar-refractivity contribution is 0.394. The van der Waals surface area contributed by atoms with Crippen molar-refractivity contribution in [1.29, 1.82) is 5.26 Å². The van der Waals surface area contributed by atoms with Crippen LogP contribution in [-0.4, -0.2) is 25.8 Å². The lowest BCUT2D eigenvalue weighted by Gasteiger charge is -2.21. The van der Waals surface area contributed by atoms with E-state index in [2.05, 4.69) is 15.9 Å². The Bertz CT molecular complexity index is 504. The van der Waals surface area contributed by atoms with E-state index in [1.165, 1.54) is 11.4 Å². The maximum Gasteiger partial charge on any atom is 0.252 e. The zero-order valence-electron chi connectivity index (χ0n) is 8.84. The van der Waals surface area contributed by atoms with Crippen LogP contribution < -0.4 is 0 Å². The molecule has 0 amide bonds. The van der Waals surface area contributed by atoms with Gasteiger partial charge < -0.3 is 0 Å². The van der Waals surface area contributed by atoms with Crippen LogP contribution in [0.3, 0.4) is 0 Å². The van der Waals surface area contributed by atoms with E-state index in [1.807, 2.05) is 6.07 Å². The van der Waals surface area contributed by atoms with E-state index < -0.39 is 10.0 Å². The Labute approximate surface area is 108 Å². The number of rotatable bonds is 4. The Kier molecular flexibility index (Phi) is 4.50. The maximum atomic E-state index is 12.1. The van der Waals surface area contributed by atoms with Crippen molar-refractivity contribution in [3.8, 4) is 6.07 Å². The molecule has 7 heteroatoms. The SMILES string of the molecule is CC(CC#N)N(C)S(=O)(=O)c1ccc(Br)s1. The molecule has 1 atom stereocenters. The molecule has 0 bridgehead atoms. The van der Waals surface area contributed by atoms with E-state index in [0.29, 0.717) is 0 Å². The molecule has 1 heterocycles. The lowest BCUT2D eigenvalue weighted by Crippen LogP contribution is -2.34. The van der Waals surface area contributed by atoms with Crippen molar-refractivity contribution in [3.05, 3.63) is 15.9 Å². The van der Waals surface area contributed by atoms with Crippen LogP contribution >= 0.6 is 27.3 Å². The highest BCUT2D eigenvalue weighted by Crippen LogP contribution is 2.28. The fourth-order valence-electron chi connectivity index (χ4n) is 1.08. The molecule has 0 aliphatic carbocycles. The normalized spacial score (nSPS) is 13.7. The zero-order valence-corrected chi connectivity index (χ0v) is 12.1. The van der Waals surface area contributed by atoms with Gasteiger partial charge in [0, 0.05) is 13.1 Å². The molecule has 1 aromatic heterocycles. The Balaban J connectivity index is 2.99. The highest BCUT2D eigenvalue weighted by Gasteiger charge is 2.26. The number of sulfonamides is 1. The van der Waals surface area contributed by atoms with Gasteiger partial charge in [0.25, 0.3) is 10.0 Å². The summed E-state index contributed by atoms with van der Waals surface area (Å²) < 4.78 is 26.4. The van der Waals surface area contributed by atoms with Crippen LogP contribution in [-0.2, 0) is 10.0 Å². The Morgan fingerprint density at radius 3 is 2.69 bits per heavy atom. The van der Waals surface area contributed by atoms with Gasteiger partial charge in [-0.3, -0.25) is 0 Å². The summed E-state index contributed by atoms with van der Waals surface area (Å²) >= 11 is 4.39. The van der Waals surface area contributed by atoms with Crippen LogP contribution in [0.15, 0.2) is 20.1 Å². The van der Waals surface area contributed by atoms with Crippen molar-refractivity contribution in [3.63, 3.8) is 0 Å². The Morgan fingerprint density at radius 1 is 1.62 bits per heavy atom. The number of hydrogen-bond acceptors (Lipinski definition) is 4. The van der Waals surface area contributed by atoms with Gasteiger partial charge in [0.15, 0.2) is 0 Å². The van der Waals surface area contributed by atoms with Gasteiger partial charge in [-0.1, -0.05) is 0 Å². The minimum absolute atomic E-state index is 0.183. The summed E-state index contributed by atoms with van der Waals surface area (Å²) in [5, 5.41) is 8.55. The van der Waals surface area contributed by atoms with E-state index >= 15 is 0 Å². The predicted octanol–water partition coefficient (Wildman–Crippen LogP) is 2.43. The fourth-order valence-corrected chi connectivity index (χ4v) is 4.63. The minimum Gasteiger partial charge on any atom is -0.206 e. The number of nitrogens with zero attached hydrogens (tertiary/aromatic N) is 2. The van der Waals surface area contributed by atoms with Gasteiger partial charge in [-0.2, -0.15) is 9.57 Å². The summed E-state index contributed by atoms with van der Waals surface area (Å²) in [7, 11) is -1.98. The molecule has 0 aromatic carbocycles. The average Bonchev–Trinajstić information content (AvgIpc) is 2.64. The molecule has 1 aromatic rings. The first-order chi connectivity index (χ1) is 7.39. The Hall–Kier alpha value is -0.420. The molecule has 0 N–H and O–H groups in total. The molecule has 4 nitrogen and oxygen atoms in total. The lowest BCUT2D eigenvalue weighted by atomic mass is 10.3. The van der Waals surface area contributed by atoms with Crippen LogP contribution in [0.2, 0.25) is 0 Å². The van der Waals surface area contributed by atoms with E-state index in [0.717, 1.165) is 15.1 Å². The van der Waals surface area contributed by atoms with Gasteiger partial charge in [0.05, 0.1) is 16.3 Å². The first-order valence-electron chi connectivity index (χ1n) is 4.50. The molecule has 0 aliphatic heterocycles. The quantitative estimate of drug-likeness (QED) is 0.855. The van der Waals surface area contributed by atoms with E-state index in [1.54, 1.807) is 19.1 Å². The number of hydrogen-bond donors (Lipinski definition) is 0. The molecule has 88 valence electrons. The summed E-state index contributed by atoms with van der Waals surface area (Å²) in [4.78, 5) is 0. The summed E-state index contributed by atoms with van der Waals surface area (Å²) in [6.45, 7) is 1.71. The van der Waals surface area contributed by atoms with Gasteiger partial charge in [0.1, 0.15) is 4.21 Å². The standard InChI is InChI=1S/C9H11BrN2O2S2/c1-7(5-6-11)12(2)16(13,14)9-4-3-8(10)15-9/h3-4,7H,5H2,1-2H3. The molecule has 1 unspecified atom stereocenters. The summed E-state index contributed by atoms with van der Waals surface area (Å²) in [6, 6.07) is 4.89. The van der Waals surface area contributed by atoms with E-state index in [9.17, 15) is 8.42 Å². The molecular weight excluding hydrogens is 312 g/mol. The predicted molar refractivity (Wildman–Crippen MR) is 66.7 cm³/mol. The van der Waals surface area contributed by atoms with Crippen molar-refractivity contribution in [2.24, 2.45) is 0 Å². The number of halogens is 1. The second-order valence-electron chi connectivity index (χ2n) is 3.29. The first kappa shape index (κ1) is 13.6. The molecule has 0 radical (unpaired) electrons. The van der Waals surface area contributed by atoms with Crippen LogP contribution in [0.25, 0.3) is 0 Å². The summed E-state index contributed by atoms with van der Waals surface area (Å²) in [6.07, 6.45) is 0.183. The van der Waals surface area contributed by atoms with Crippen molar-refractivity contribution in [2.45, 2.75) is 23.6 Å². The average molecular weight is 323 g/mol. The molecule has 0 saturated carbocycles. The third-order valence-corrected chi connectivity index (χ3v) is 6.25. The van der Waals surface area contributed by atoms with E-state index in [4.69, 9.17) is 5.26 Å². The molecule has 0 saturated heterocycles. The zero-order chi connectivity index (χ0) is 12.3. The topological polar surface area (TPSA) is 61.2 Å². The monoisotopic (exact) mass is 322 g/mol. The number of thiophene rings is 1. The first-order valence-corrected chi connectivity index (χ1v) is 7.55. The van der Waals surface area contributed by atoms with Gasteiger partial charge >= 0.3 is 0 Å². The highest BCUT2D eigenvalue weighted by atomic mass is 79.9. The van der Waals surface area contributed by atoms with Crippen molar-refractivity contribution in [2.75, 3.05) is 7.05 Å². The summed E-state index contributed by atoms with van der Waals surface area (Å²) in [5.41, 5.74) is 0. The van der Waals surface area contributed by atoms with Gasteiger partial charge in [-0.05, 0) is 35.0 Å². The van der Waals surface area contributed by atoms with Crippen molar-refractivity contribution < 1.29 is 8.42 Å². The maximum absolute atomic E-state index is 12.1. The highest BCUT2D eigenvalue weighted by molar-refractivity contribution is 9.11. The van der Waals surface area contributed by atoms with Crippen molar-refractivity contribution in [1.82, 2.24) is 4.31 Å².